The van der Waals surface area contributed by atoms with Crippen LogP contribution in [0.3, 0.4) is 0 Å². The number of ether oxygens (including phenoxy) is 1. The highest BCUT2D eigenvalue weighted by molar-refractivity contribution is 7.13. The Morgan fingerprint density at radius 1 is 0.910 bits per heavy atom. The van der Waals surface area contributed by atoms with E-state index in [2.05, 4.69) is 46.5 Å². The van der Waals surface area contributed by atoms with Crippen LogP contribution in [0.25, 0.3) is 10.4 Å². The summed E-state index contributed by atoms with van der Waals surface area (Å²) in [5.74, 6) is -0.275. The van der Waals surface area contributed by atoms with Crippen LogP contribution in [0.1, 0.15) is 111 Å². The third kappa shape index (κ3) is 16.8. The number of aliphatic hydroxyl groups is 1. The number of unbranched alkanes of at least 4 members (excludes halogenated alkanes) is 4. The Morgan fingerprint density at radius 3 is 2.44 bits per heavy atom. The summed E-state index contributed by atoms with van der Waals surface area (Å²) in [4.78, 5) is 70.2. The van der Waals surface area contributed by atoms with Gasteiger partial charge in [-0.3, -0.25) is 34.7 Å². The number of carbonyl (C=O) groups excluding carboxylic acids is 4. The molecule has 4 heterocycles. The van der Waals surface area contributed by atoms with Gasteiger partial charge in [0, 0.05) is 69.7 Å². The molecule has 1 saturated heterocycles. The van der Waals surface area contributed by atoms with Gasteiger partial charge in [-0.25, -0.2) is 15.0 Å². The number of hydrogen-bond acceptors (Lipinski definition) is 15. The number of aromatic nitrogens is 6. The van der Waals surface area contributed by atoms with Gasteiger partial charge in [0.1, 0.15) is 35.7 Å². The Labute approximate surface area is 459 Å². The molecule has 21 heteroatoms. The summed E-state index contributed by atoms with van der Waals surface area (Å²) >= 11 is 1.58. The molecule has 78 heavy (non-hydrogen) atoms. The highest BCUT2D eigenvalue weighted by Gasteiger charge is 2.44. The Bertz CT molecular complexity index is 2980. The number of benzene rings is 3. The van der Waals surface area contributed by atoms with Gasteiger partial charge in [0.2, 0.25) is 17.7 Å². The first-order valence-electron chi connectivity index (χ1n) is 26.5. The molecule has 6 aromatic rings. The van der Waals surface area contributed by atoms with E-state index in [1.165, 1.54) is 16.1 Å². The molecule has 3 atom stereocenters. The second kappa shape index (κ2) is 27.9. The number of nitrogens with one attached hydrogen (secondary N) is 6. The first-order chi connectivity index (χ1) is 37.5. The fraction of sp³-hybridized carbons (Fsp3) is 0.421. The van der Waals surface area contributed by atoms with Crippen LogP contribution >= 0.6 is 11.3 Å². The number of nitrogens with zero attached hydrogens (tertiary/aromatic N) is 8. The number of rotatable bonds is 26. The molecular weight excluding hydrogens is 1010 g/mol. The minimum absolute atomic E-state index is 0.00596. The van der Waals surface area contributed by atoms with Crippen LogP contribution in [0.2, 0.25) is 0 Å². The zero-order chi connectivity index (χ0) is 55.6. The number of β-amino-alcohol motifs (C(OH)–C–C–N with tert-alkyl or cyclic N) is 1. The number of amidine groups is 2. The van der Waals surface area contributed by atoms with Gasteiger partial charge < -0.3 is 40.9 Å². The van der Waals surface area contributed by atoms with E-state index in [0.29, 0.717) is 42.9 Å². The minimum Gasteiger partial charge on any atom is -0.494 e. The van der Waals surface area contributed by atoms with Crippen LogP contribution in [0.15, 0.2) is 103 Å². The second-order valence-corrected chi connectivity index (χ2v) is 21.5. The van der Waals surface area contributed by atoms with Crippen molar-refractivity contribution >= 4 is 52.3 Å². The monoisotopic (exact) mass is 1080 g/mol. The van der Waals surface area contributed by atoms with E-state index in [4.69, 9.17) is 15.6 Å². The number of likely N-dealkylation sites (tertiary alicyclic amines) is 1. The van der Waals surface area contributed by atoms with Crippen LogP contribution in [0.4, 0.5) is 5.69 Å². The van der Waals surface area contributed by atoms with Gasteiger partial charge in [-0.15, -0.1) is 16.4 Å². The molecule has 3 aromatic carbocycles. The maximum Gasteiger partial charge on any atom is 0.251 e. The van der Waals surface area contributed by atoms with Gasteiger partial charge in [0.05, 0.1) is 41.0 Å². The molecule has 1 aliphatic rings. The summed E-state index contributed by atoms with van der Waals surface area (Å²) in [5, 5.41) is 48.0. The molecule has 412 valence electrons. The summed E-state index contributed by atoms with van der Waals surface area (Å²) in [5.41, 5.74) is 7.34. The summed E-state index contributed by atoms with van der Waals surface area (Å²) in [6.45, 7) is 9.64. The number of anilines is 1. The number of aryl methyl sites for hydroxylation is 3. The van der Waals surface area contributed by atoms with Crippen LogP contribution in [0, 0.1) is 23.2 Å². The van der Waals surface area contributed by atoms with E-state index >= 15 is 0 Å². The normalized spacial score (nSPS) is 14.6. The van der Waals surface area contributed by atoms with Gasteiger partial charge in [-0.1, -0.05) is 87.7 Å². The molecule has 0 spiro atoms. The van der Waals surface area contributed by atoms with Gasteiger partial charge in [-0.05, 0) is 91.1 Å². The lowest BCUT2D eigenvalue weighted by Crippen LogP contribution is -2.57. The molecule has 0 saturated carbocycles. The predicted octanol–water partition coefficient (Wildman–Crippen LogP) is 6.94. The average molecular weight is 1080 g/mol. The van der Waals surface area contributed by atoms with Gasteiger partial charge in [0.25, 0.3) is 5.91 Å². The summed E-state index contributed by atoms with van der Waals surface area (Å²) < 4.78 is 7.88. The lowest BCUT2D eigenvalue weighted by Gasteiger charge is -2.35. The molecule has 7 rings (SSSR count). The van der Waals surface area contributed by atoms with Gasteiger partial charge >= 0.3 is 0 Å². The third-order valence-electron chi connectivity index (χ3n) is 13.4. The number of likely N-dealkylation sites (N-methyl/N-ethyl adjacent to an activating group) is 1. The van der Waals surface area contributed by atoms with Gasteiger partial charge in [-0.2, -0.15) is 0 Å². The first kappa shape index (κ1) is 57.8. The Kier molecular flexibility index (Phi) is 20.7. The van der Waals surface area contributed by atoms with E-state index < -0.39 is 29.5 Å². The number of amides is 4. The fourth-order valence-electron chi connectivity index (χ4n) is 8.94. The van der Waals surface area contributed by atoms with E-state index in [0.717, 1.165) is 77.4 Å². The van der Waals surface area contributed by atoms with Crippen molar-refractivity contribution in [3.8, 4) is 16.2 Å². The zero-order valence-electron chi connectivity index (χ0n) is 45.1. The zero-order valence-corrected chi connectivity index (χ0v) is 45.9. The molecular formula is C57H72N14O6S. The highest BCUT2D eigenvalue weighted by Crippen LogP contribution is 2.29. The molecule has 0 bridgehead atoms. The lowest BCUT2D eigenvalue weighted by molar-refractivity contribution is -0.144. The SMILES string of the molecule is Cc1ncsc1-c1ccc(CNC(=O)[C@@H]2C[C@@H](O)CN2C(=O)[C@@H](NC(=O)CCCc2cn(CCCCCCCOc3cccc(CNC(=O)c4cccc(NCC(=N)N(C)C(=N)c5ccncn5)c4)c3)nn2)C(C)(C)C)cc1. The summed E-state index contributed by atoms with van der Waals surface area (Å²) in [6, 6.07) is 22.5. The summed E-state index contributed by atoms with van der Waals surface area (Å²) in [6.07, 6.45) is 10.3. The second-order valence-electron chi connectivity index (χ2n) is 20.6. The largest absolute Gasteiger partial charge is 0.494 e. The highest BCUT2D eigenvalue weighted by atomic mass is 32.1. The number of carbonyl (C=O) groups is 4. The smallest absolute Gasteiger partial charge is 0.251 e. The standard InChI is InChI=1S/C57H72N14O6S/c1-38-51(78-37-65-38)41-22-20-39(21-23-41)31-63-55(75)48-30-45(72)35-71(48)56(76)52(57(2,3)4)66-50(73)19-13-17-44-34-70(68-67-44)26-9-7-6-8-10-27-77-46-18-11-14-40(28-46)32-62-54(74)42-15-12-16-43(29-42)61-33-49(58)69(5)53(59)47-24-25-60-36-64-47/h11-12,14-16,18,20-25,28-29,34,36-37,45,48,52,58-59,61,72H,6-10,13,17,19,26-27,30-33,35H2,1-5H3,(H,62,74)(H,63,75)(H,66,73)/t45-,48+,52-/m1/s1. The summed E-state index contributed by atoms with van der Waals surface area (Å²) in [7, 11) is 1.63. The Morgan fingerprint density at radius 2 is 1.68 bits per heavy atom. The topological polar surface area (TPSA) is 269 Å². The third-order valence-corrected chi connectivity index (χ3v) is 14.4. The number of aliphatic hydroxyl groups excluding tert-OH is 1. The predicted molar refractivity (Wildman–Crippen MR) is 300 cm³/mol. The minimum atomic E-state index is -0.904. The van der Waals surface area contributed by atoms with Crippen LogP contribution in [-0.4, -0.2) is 125 Å². The molecule has 4 amide bonds. The molecule has 1 aliphatic heterocycles. The van der Waals surface area contributed by atoms with Crippen molar-refractivity contribution in [1.82, 2.24) is 55.7 Å². The van der Waals surface area contributed by atoms with Gasteiger partial charge in [0.15, 0.2) is 5.84 Å². The fourth-order valence-corrected chi connectivity index (χ4v) is 9.76. The van der Waals surface area contributed by atoms with Crippen molar-refractivity contribution in [3.05, 3.63) is 137 Å². The van der Waals surface area contributed by atoms with E-state index in [9.17, 15) is 24.3 Å². The molecule has 3 aromatic heterocycles. The van der Waals surface area contributed by atoms with Crippen molar-refractivity contribution in [3.63, 3.8) is 0 Å². The van der Waals surface area contributed by atoms with E-state index in [1.807, 2.05) is 98.7 Å². The van der Waals surface area contributed by atoms with Crippen molar-refractivity contribution in [2.24, 2.45) is 5.41 Å². The van der Waals surface area contributed by atoms with Crippen molar-refractivity contribution in [1.29, 1.82) is 10.8 Å². The molecule has 1 fully saturated rings. The van der Waals surface area contributed by atoms with E-state index in [-0.39, 0.29) is 61.9 Å². The number of thiazole rings is 1. The van der Waals surface area contributed by atoms with Crippen LogP contribution < -0.4 is 26.0 Å². The van der Waals surface area contributed by atoms with Crippen molar-refractivity contribution < 1.29 is 29.0 Å². The van der Waals surface area contributed by atoms with Crippen LogP contribution in [0.5, 0.6) is 5.75 Å². The average Bonchev–Trinajstić information content (AvgIpc) is 4.22. The Balaban J connectivity index is 0.745. The molecule has 0 aliphatic carbocycles. The van der Waals surface area contributed by atoms with Crippen molar-refractivity contribution in [2.75, 3.05) is 32.1 Å². The molecule has 0 radical (unpaired) electrons. The lowest BCUT2D eigenvalue weighted by atomic mass is 9.85. The first-order valence-corrected chi connectivity index (χ1v) is 27.3. The Hall–Kier alpha value is -7.91. The quantitative estimate of drug-likeness (QED) is 0.0165. The molecule has 0 unspecified atom stereocenters. The maximum atomic E-state index is 14.1. The number of hydrogen-bond donors (Lipinski definition) is 7. The van der Waals surface area contributed by atoms with Crippen LogP contribution in [-0.2, 0) is 40.4 Å². The molecule has 20 nitrogen and oxygen atoms in total. The van der Waals surface area contributed by atoms with Crippen molar-refractivity contribution in [2.45, 2.75) is 123 Å². The van der Waals surface area contributed by atoms with E-state index in [1.54, 1.807) is 48.8 Å². The maximum absolute atomic E-state index is 14.1. The molecule has 7 N–H and O–H groups in total.